The first-order chi connectivity index (χ1) is 13.8. The fourth-order valence-corrected chi connectivity index (χ4v) is 3.70. The van der Waals surface area contributed by atoms with Crippen molar-refractivity contribution >= 4 is 35.6 Å². The lowest BCUT2D eigenvalue weighted by molar-refractivity contribution is 0.0237. The molecule has 6 nitrogen and oxygen atoms in total. The summed E-state index contributed by atoms with van der Waals surface area (Å²) in [5.74, 6) is 1.60. The van der Waals surface area contributed by atoms with E-state index in [0.29, 0.717) is 12.4 Å². The maximum atomic E-state index is 6.03. The number of aromatic nitrogens is 1. The molecule has 0 atom stereocenters. The van der Waals surface area contributed by atoms with E-state index in [1.165, 1.54) is 11.3 Å². The Balaban J connectivity index is 0.00000240. The third-order valence-electron chi connectivity index (χ3n) is 5.14. The van der Waals surface area contributed by atoms with E-state index >= 15 is 0 Å². The van der Waals surface area contributed by atoms with Crippen molar-refractivity contribution < 1.29 is 9.47 Å². The van der Waals surface area contributed by atoms with E-state index in [1.54, 1.807) is 6.20 Å². The number of aliphatic imine (C=N–C) groups is 1. The van der Waals surface area contributed by atoms with Crippen LogP contribution in [0.1, 0.15) is 30.9 Å². The number of rotatable bonds is 5. The maximum Gasteiger partial charge on any atom is 0.213 e. The van der Waals surface area contributed by atoms with Crippen molar-refractivity contribution in [2.75, 3.05) is 31.2 Å². The highest BCUT2D eigenvalue weighted by Crippen LogP contribution is 2.27. The predicted molar refractivity (Wildman–Crippen MR) is 126 cm³/mol. The van der Waals surface area contributed by atoms with Crippen molar-refractivity contribution in [3.63, 3.8) is 0 Å². The van der Waals surface area contributed by atoms with E-state index in [1.807, 2.05) is 12.1 Å². The van der Waals surface area contributed by atoms with Gasteiger partial charge in [0.25, 0.3) is 0 Å². The van der Waals surface area contributed by atoms with Crippen LogP contribution in [0.3, 0.4) is 0 Å². The van der Waals surface area contributed by atoms with E-state index < -0.39 is 0 Å². The highest BCUT2D eigenvalue weighted by molar-refractivity contribution is 14.0. The predicted octanol–water partition coefficient (Wildman–Crippen LogP) is 3.79. The van der Waals surface area contributed by atoms with Gasteiger partial charge < -0.3 is 19.7 Å². The minimum Gasteiger partial charge on any atom is -0.474 e. The van der Waals surface area contributed by atoms with Gasteiger partial charge in [0.15, 0.2) is 5.96 Å². The molecule has 1 aromatic heterocycles. The first-order valence-electron chi connectivity index (χ1n) is 10.2. The number of guanidine groups is 1. The maximum absolute atomic E-state index is 6.03. The second kappa shape index (κ2) is 10.8. The van der Waals surface area contributed by atoms with Crippen molar-refractivity contribution in [3.05, 3.63) is 53.7 Å². The lowest BCUT2D eigenvalue weighted by atomic mass is 10.1. The molecule has 2 aliphatic heterocycles. The molecule has 3 heterocycles. The Kier molecular flexibility index (Phi) is 8.11. The number of hydrogen-bond acceptors (Lipinski definition) is 4. The number of ether oxygens (including phenoxy) is 2. The van der Waals surface area contributed by atoms with Gasteiger partial charge in [0, 0.05) is 43.9 Å². The molecule has 1 fully saturated rings. The zero-order valence-electron chi connectivity index (χ0n) is 16.8. The molecular formula is C22H29IN4O2. The minimum atomic E-state index is 0. The Hall–Kier alpha value is -1.87. The molecule has 0 radical (unpaired) electrons. The summed E-state index contributed by atoms with van der Waals surface area (Å²) in [6.07, 6.45) is 4.89. The molecule has 0 unspecified atom stereocenters. The normalized spacial score (nSPS) is 16.9. The standard InChI is InChI=1S/C22H28N4O2.HI/c1-2-23-22(26-12-8-18-5-3-4-6-20(18)26)25-16-17-7-11-24-21(15-17)28-19-9-13-27-14-10-19;/h3-7,11,15,19H,2,8-10,12-14,16H2,1H3,(H,23,25);1H. The van der Waals surface area contributed by atoms with E-state index in [2.05, 4.69) is 46.4 Å². The largest absolute Gasteiger partial charge is 0.474 e. The fraction of sp³-hybridized carbons (Fsp3) is 0.455. The summed E-state index contributed by atoms with van der Waals surface area (Å²) < 4.78 is 11.4. The number of anilines is 1. The van der Waals surface area contributed by atoms with Crippen molar-refractivity contribution in [1.82, 2.24) is 10.3 Å². The minimum absolute atomic E-state index is 0. The third-order valence-corrected chi connectivity index (χ3v) is 5.14. The molecule has 2 aromatic rings. The lowest BCUT2D eigenvalue weighted by Crippen LogP contribution is -2.40. The summed E-state index contributed by atoms with van der Waals surface area (Å²) in [6.45, 7) is 6.01. The molecule has 2 aliphatic rings. The number of halogens is 1. The van der Waals surface area contributed by atoms with E-state index in [9.17, 15) is 0 Å². The smallest absolute Gasteiger partial charge is 0.213 e. The van der Waals surface area contributed by atoms with Crippen LogP contribution >= 0.6 is 24.0 Å². The summed E-state index contributed by atoms with van der Waals surface area (Å²) in [5.41, 5.74) is 3.73. The Morgan fingerprint density at radius 3 is 2.93 bits per heavy atom. The summed E-state index contributed by atoms with van der Waals surface area (Å²) >= 11 is 0. The first kappa shape index (κ1) is 21.8. The highest BCUT2D eigenvalue weighted by Gasteiger charge is 2.22. The number of hydrogen-bond donors (Lipinski definition) is 1. The van der Waals surface area contributed by atoms with Crippen molar-refractivity contribution in [1.29, 1.82) is 0 Å². The molecule has 0 aliphatic carbocycles. The SMILES string of the molecule is CCNC(=NCc1ccnc(OC2CCOCC2)c1)N1CCc2ccccc21.I. The second-order valence-corrected chi connectivity index (χ2v) is 7.13. The number of fused-ring (bicyclic) bond motifs is 1. The Bertz CT molecular complexity index is 824. The van der Waals surface area contributed by atoms with Crippen LogP contribution in [0.25, 0.3) is 0 Å². The summed E-state index contributed by atoms with van der Waals surface area (Å²) in [6, 6.07) is 12.6. The fourth-order valence-electron chi connectivity index (χ4n) is 3.70. The summed E-state index contributed by atoms with van der Waals surface area (Å²) in [4.78, 5) is 11.5. The van der Waals surface area contributed by atoms with E-state index in [4.69, 9.17) is 14.5 Å². The van der Waals surface area contributed by atoms with Crippen LogP contribution in [0, 0.1) is 0 Å². The molecule has 1 saturated heterocycles. The van der Waals surface area contributed by atoms with Crippen molar-refractivity contribution in [2.24, 2.45) is 4.99 Å². The van der Waals surface area contributed by atoms with E-state index in [0.717, 1.165) is 57.1 Å². The number of benzene rings is 1. The molecule has 7 heteroatoms. The van der Waals surface area contributed by atoms with Gasteiger partial charge in [0.05, 0.1) is 19.8 Å². The number of pyridine rings is 1. The average molecular weight is 508 g/mol. The van der Waals surface area contributed by atoms with Gasteiger partial charge in [-0.3, -0.25) is 0 Å². The number of para-hydroxylation sites is 1. The van der Waals surface area contributed by atoms with Crippen LogP contribution in [-0.2, 0) is 17.7 Å². The number of nitrogens with one attached hydrogen (secondary N) is 1. The van der Waals surface area contributed by atoms with Crippen LogP contribution in [-0.4, -0.2) is 43.4 Å². The summed E-state index contributed by atoms with van der Waals surface area (Å²) in [5, 5.41) is 3.43. The number of nitrogens with zero attached hydrogens (tertiary/aromatic N) is 3. The molecule has 1 aromatic carbocycles. The van der Waals surface area contributed by atoms with Gasteiger partial charge in [-0.25, -0.2) is 9.98 Å². The Morgan fingerprint density at radius 2 is 2.10 bits per heavy atom. The van der Waals surface area contributed by atoms with Crippen molar-refractivity contribution in [2.45, 2.75) is 38.8 Å². The lowest BCUT2D eigenvalue weighted by Gasteiger charge is -2.23. The molecule has 0 bridgehead atoms. The van der Waals surface area contributed by atoms with Crippen LogP contribution in [0.4, 0.5) is 5.69 Å². The highest BCUT2D eigenvalue weighted by atomic mass is 127. The average Bonchev–Trinajstić information content (AvgIpc) is 3.16. The van der Waals surface area contributed by atoms with Crippen LogP contribution in [0.15, 0.2) is 47.6 Å². The van der Waals surface area contributed by atoms with Gasteiger partial charge >= 0.3 is 0 Å². The monoisotopic (exact) mass is 508 g/mol. The molecule has 4 rings (SSSR count). The van der Waals surface area contributed by atoms with Crippen LogP contribution in [0.5, 0.6) is 5.88 Å². The first-order valence-corrected chi connectivity index (χ1v) is 10.2. The topological polar surface area (TPSA) is 59.0 Å². The van der Waals surface area contributed by atoms with Gasteiger partial charge in [-0.1, -0.05) is 18.2 Å². The Labute approximate surface area is 189 Å². The molecule has 29 heavy (non-hydrogen) atoms. The molecule has 1 N–H and O–H groups in total. The molecular weight excluding hydrogens is 479 g/mol. The Morgan fingerprint density at radius 1 is 1.28 bits per heavy atom. The molecule has 0 spiro atoms. The molecule has 0 saturated carbocycles. The van der Waals surface area contributed by atoms with Gasteiger partial charge in [0.2, 0.25) is 5.88 Å². The van der Waals surface area contributed by atoms with Gasteiger partial charge in [-0.2, -0.15) is 0 Å². The summed E-state index contributed by atoms with van der Waals surface area (Å²) in [7, 11) is 0. The van der Waals surface area contributed by atoms with Gasteiger partial charge in [-0.15, -0.1) is 24.0 Å². The third kappa shape index (κ3) is 5.60. The quantitative estimate of drug-likeness (QED) is 0.379. The zero-order chi connectivity index (χ0) is 19.2. The van der Waals surface area contributed by atoms with Gasteiger partial charge in [0.1, 0.15) is 6.10 Å². The molecule has 156 valence electrons. The van der Waals surface area contributed by atoms with Crippen LogP contribution < -0.4 is 15.0 Å². The molecule has 0 amide bonds. The van der Waals surface area contributed by atoms with Crippen molar-refractivity contribution in [3.8, 4) is 5.88 Å². The zero-order valence-corrected chi connectivity index (χ0v) is 19.2. The second-order valence-electron chi connectivity index (χ2n) is 7.13. The van der Waals surface area contributed by atoms with Gasteiger partial charge in [-0.05, 0) is 36.6 Å². The van der Waals surface area contributed by atoms with Crippen LogP contribution in [0.2, 0.25) is 0 Å². The van der Waals surface area contributed by atoms with E-state index in [-0.39, 0.29) is 30.1 Å².